The highest BCUT2D eigenvalue weighted by Crippen LogP contribution is 2.53. The zero-order chi connectivity index (χ0) is 30.7. The van der Waals surface area contributed by atoms with Gasteiger partial charge in [0.05, 0.1) is 34.9 Å². The molecule has 1 spiro atoms. The van der Waals surface area contributed by atoms with Crippen molar-refractivity contribution in [3.63, 3.8) is 0 Å². The lowest BCUT2D eigenvalue weighted by Crippen LogP contribution is -2.61. The normalized spacial score (nSPS) is 22.3. The number of likely N-dealkylation sites (tertiary alicyclic amines) is 1. The average Bonchev–Trinajstić information content (AvgIpc) is 3.79. The molecule has 2 aromatic rings. The van der Waals surface area contributed by atoms with Crippen LogP contribution in [0.4, 0.5) is 10.5 Å². The third kappa shape index (κ3) is 7.20. The number of nitrogens with zero attached hydrogens (tertiary/aromatic N) is 3. The summed E-state index contributed by atoms with van der Waals surface area (Å²) in [5.74, 6) is -0.0831. The van der Waals surface area contributed by atoms with Gasteiger partial charge in [-0.3, -0.25) is 4.79 Å². The van der Waals surface area contributed by atoms with Gasteiger partial charge < -0.3 is 34.6 Å². The molecule has 2 heterocycles. The molecule has 3 aliphatic rings. The first-order valence-electron chi connectivity index (χ1n) is 14.6. The molecule has 5 rings (SSSR count). The standard InChI is InChI=1S/C31H38Cl2N4O6/c1-20-28(39)37(16-15-36(20)30(41)34-22-5-8-25(32)26(33)17-22)23(9-13-35-14-12-31(10-11-31)27(38)18-35)19-43-29(40)21-3-6-24(42-2)7-4-21/h3-8,17,20,23,27,38H,9-16,18-19H2,1-2H3,(H,34,41)/t20-,23-,27+/m0/s1. The van der Waals surface area contributed by atoms with E-state index in [1.54, 1.807) is 61.4 Å². The number of aliphatic hydroxyl groups excluding tert-OH is 1. The number of piperazine rings is 1. The molecule has 1 saturated carbocycles. The maximum Gasteiger partial charge on any atom is 0.338 e. The first-order valence-corrected chi connectivity index (χ1v) is 15.4. The van der Waals surface area contributed by atoms with Crippen molar-refractivity contribution < 1.29 is 29.0 Å². The van der Waals surface area contributed by atoms with Gasteiger partial charge in [-0.25, -0.2) is 9.59 Å². The summed E-state index contributed by atoms with van der Waals surface area (Å²) in [6.07, 6.45) is 3.35. The number of hydrogen-bond donors (Lipinski definition) is 2. The molecule has 0 radical (unpaired) electrons. The zero-order valence-corrected chi connectivity index (χ0v) is 25.9. The molecular formula is C31H38Cl2N4O6. The van der Waals surface area contributed by atoms with Gasteiger partial charge in [-0.2, -0.15) is 0 Å². The summed E-state index contributed by atoms with van der Waals surface area (Å²) in [4.78, 5) is 45.1. The number of anilines is 1. The Bertz CT molecular complexity index is 1340. The first kappa shape index (κ1) is 31.4. The zero-order valence-electron chi connectivity index (χ0n) is 24.4. The fourth-order valence-electron chi connectivity index (χ4n) is 5.97. The van der Waals surface area contributed by atoms with Crippen molar-refractivity contribution in [1.82, 2.24) is 14.7 Å². The molecule has 232 valence electrons. The number of carbonyl (C=O) groups excluding carboxylic acids is 3. The number of hydrogen-bond acceptors (Lipinski definition) is 7. The van der Waals surface area contributed by atoms with Gasteiger partial charge in [0.1, 0.15) is 18.4 Å². The van der Waals surface area contributed by atoms with Crippen LogP contribution in [-0.2, 0) is 9.53 Å². The minimum absolute atomic E-state index is 0.0130. The number of rotatable bonds is 9. The lowest BCUT2D eigenvalue weighted by Gasteiger charge is -2.43. The molecule has 0 unspecified atom stereocenters. The minimum Gasteiger partial charge on any atom is -0.497 e. The number of esters is 1. The molecule has 3 amide bonds. The number of ether oxygens (including phenoxy) is 2. The highest BCUT2D eigenvalue weighted by atomic mass is 35.5. The minimum atomic E-state index is -0.733. The molecule has 3 fully saturated rings. The highest BCUT2D eigenvalue weighted by Gasteiger charge is 2.51. The van der Waals surface area contributed by atoms with E-state index in [2.05, 4.69) is 10.2 Å². The summed E-state index contributed by atoms with van der Waals surface area (Å²) >= 11 is 12.1. The largest absolute Gasteiger partial charge is 0.497 e. The molecule has 0 bridgehead atoms. The second kappa shape index (κ2) is 13.3. The second-order valence-corrected chi connectivity index (χ2v) is 12.5. The summed E-state index contributed by atoms with van der Waals surface area (Å²) in [6.45, 7) is 4.44. The average molecular weight is 634 g/mol. The van der Waals surface area contributed by atoms with Crippen LogP contribution in [0.25, 0.3) is 0 Å². The van der Waals surface area contributed by atoms with Crippen molar-refractivity contribution in [2.45, 2.75) is 50.8 Å². The SMILES string of the molecule is COc1ccc(C(=O)OC[C@H](CCN2CCC3(CC3)[C@H](O)C2)N2CCN(C(=O)Nc3ccc(Cl)c(Cl)c3)[C@@H](C)C2=O)cc1. The molecule has 2 saturated heterocycles. The number of benzene rings is 2. The van der Waals surface area contributed by atoms with Crippen LogP contribution in [-0.4, -0.2) is 102 Å². The van der Waals surface area contributed by atoms with Gasteiger partial charge in [0.15, 0.2) is 0 Å². The highest BCUT2D eigenvalue weighted by molar-refractivity contribution is 6.42. The van der Waals surface area contributed by atoms with Crippen LogP contribution in [0.15, 0.2) is 42.5 Å². The lowest BCUT2D eigenvalue weighted by molar-refractivity contribution is -0.143. The Hall–Kier alpha value is -3.05. The monoisotopic (exact) mass is 632 g/mol. The summed E-state index contributed by atoms with van der Waals surface area (Å²) in [5, 5.41) is 14.2. The predicted molar refractivity (Wildman–Crippen MR) is 164 cm³/mol. The molecule has 3 atom stereocenters. The van der Waals surface area contributed by atoms with E-state index in [0.29, 0.717) is 53.1 Å². The van der Waals surface area contributed by atoms with E-state index < -0.39 is 24.1 Å². The van der Waals surface area contributed by atoms with Crippen molar-refractivity contribution in [1.29, 1.82) is 0 Å². The number of aliphatic hydroxyl groups is 1. The van der Waals surface area contributed by atoms with E-state index in [4.69, 9.17) is 32.7 Å². The second-order valence-electron chi connectivity index (χ2n) is 11.7. The molecular weight excluding hydrogens is 595 g/mol. The number of methoxy groups -OCH3 is 1. The Kier molecular flexibility index (Phi) is 9.70. The van der Waals surface area contributed by atoms with Crippen LogP contribution in [0, 0.1) is 5.41 Å². The van der Waals surface area contributed by atoms with E-state index >= 15 is 0 Å². The van der Waals surface area contributed by atoms with Gasteiger partial charge in [0.2, 0.25) is 5.91 Å². The van der Waals surface area contributed by atoms with Crippen LogP contribution < -0.4 is 10.1 Å². The van der Waals surface area contributed by atoms with Gasteiger partial charge >= 0.3 is 12.0 Å². The van der Waals surface area contributed by atoms with Gasteiger partial charge in [-0.1, -0.05) is 23.2 Å². The number of carbonyl (C=O) groups is 3. The van der Waals surface area contributed by atoms with Crippen LogP contribution in [0.5, 0.6) is 5.75 Å². The summed E-state index contributed by atoms with van der Waals surface area (Å²) in [5.41, 5.74) is 0.960. The first-order chi connectivity index (χ1) is 20.6. The molecule has 2 aromatic carbocycles. The van der Waals surface area contributed by atoms with Gasteiger partial charge in [0.25, 0.3) is 0 Å². The third-order valence-electron chi connectivity index (χ3n) is 9.03. The predicted octanol–water partition coefficient (Wildman–Crippen LogP) is 4.53. The number of nitrogens with one attached hydrogen (secondary N) is 1. The van der Waals surface area contributed by atoms with Crippen LogP contribution in [0.1, 0.15) is 43.0 Å². The molecule has 12 heteroatoms. The van der Waals surface area contributed by atoms with Gasteiger partial charge in [-0.15, -0.1) is 0 Å². The fourth-order valence-corrected chi connectivity index (χ4v) is 6.27. The lowest BCUT2D eigenvalue weighted by atomic mass is 9.90. The van der Waals surface area contributed by atoms with E-state index in [1.165, 1.54) is 4.90 Å². The molecule has 43 heavy (non-hydrogen) atoms. The van der Waals surface area contributed by atoms with Crippen molar-refractivity contribution >= 4 is 46.8 Å². The Morgan fingerprint density at radius 1 is 1.07 bits per heavy atom. The smallest absolute Gasteiger partial charge is 0.338 e. The van der Waals surface area contributed by atoms with Crippen LogP contribution >= 0.6 is 23.2 Å². The molecule has 10 nitrogen and oxygen atoms in total. The van der Waals surface area contributed by atoms with E-state index in [1.807, 2.05) is 0 Å². The summed E-state index contributed by atoms with van der Waals surface area (Å²) < 4.78 is 10.9. The third-order valence-corrected chi connectivity index (χ3v) is 9.77. The van der Waals surface area contributed by atoms with E-state index in [9.17, 15) is 19.5 Å². The van der Waals surface area contributed by atoms with Crippen molar-refractivity contribution in [3.05, 3.63) is 58.1 Å². The summed E-state index contributed by atoms with van der Waals surface area (Å²) in [7, 11) is 1.55. The molecule has 2 N–H and O–H groups in total. The molecule has 2 aliphatic heterocycles. The van der Waals surface area contributed by atoms with Crippen molar-refractivity contribution in [2.75, 3.05) is 51.8 Å². The van der Waals surface area contributed by atoms with E-state index in [0.717, 1.165) is 25.8 Å². The van der Waals surface area contributed by atoms with Crippen LogP contribution in [0.3, 0.4) is 0 Å². The van der Waals surface area contributed by atoms with Gasteiger partial charge in [0, 0.05) is 31.9 Å². The van der Waals surface area contributed by atoms with Crippen molar-refractivity contribution in [3.8, 4) is 5.75 Å². The Morgan fingerprint density at radius 2 is 1.81 bits per heavy atom. The van der Waals surface area contributed by atoms with E-state index in [-0.39, 0.29) is 30.6 Å². The number of urea groups is 1. The van der Waals surface area contributed by atoms with Crippen LogP contribution in [0.2, 0.25) is 10.0 Å². The maximum absolute atomic E-state index is 13.7. The molecule has 1 aliphatic carbocycles. The Balaban J connectivity index is 1.24. The quantitative estimate of drug-likeness (QED) is 0.391. The van der Waals surface area contributed by atoms with Gasteiger partial charge in [-0.05, 0) is 87.0 Å². The Morgan fingerprint density at radius 3 is 2.47 bits per heavy atom. The maximum atomic E-state index is 13.7. The molecule has 0 aromatic heterocycles. The summed E-state index contributed by atoms with van der Waals surface area (Å²) in [6, 6.07) is 9.90. The number of amides is 3. The number of piperidine rings is 1. The fraction of sp³-hybridized carbons (Fsp3) is 0.516. The number of β-amino-alcohol motifs (C(OH)–C–C–N with tert-alkyl or cyclic N) is 1. The van der Waals surface area contributed by atoms with Crippen molar-refractivity contribution in [2.24, 2.45) is 5.41 Å². The Labute approximate surface area is 261 Å². The topological polar surface area (TPSA) is 112 Å². The number of halogens is 2.